The zero-order chi connectivity index (χ0) is 19.8. The van der Waals surface area contributed by atoms with E-state index in [2.05, 4.69) is 72.8 Å². The summed E-state index contributed by atoms with van der Waals surface area (Å²) in [6, 6.07) is 26.3. The van der Waals surface area contributed by atoms with Crippen LogP contribution in [0, 0.1) is 0 Å². The van der Waals surface area contributed by atoms with Crippen LogP contribution in [0.25, 0.3) is 0 Å². The minimum absolute atomic E-state index is 0.633. The zero-order valence-electron chi connectivity index (χ0n) is 16.7. The Morgan fingerprint density at radius 2 is 0.714 bits per heavy atom. The lowest BCUT2D eigenvalue weighted by atomic mass is 10.2. The predicted octanol–water partition coefficient (Wildman–Crippen LogP) is 3.88. The third-order valence-electron chi connectivity index (χ3n) is 4.52. The summed E-state index contributed by atoms with van der Waals surface area (Å²) in [5.74, 6) is 0. The van der Waals surface area contributed by atoms with E-state index in [0.717, 1.165) is 0 Å². The number of ether oxygens (including phenoxy) is 3. The van der Waals surface area contributed by atoms with E-state index in [4.69, 9.17) is 14.2 Å². The Morgan fingerprint density at radius 3 is 0.929 bits per heavy atom. The van der Waals surface area contributed by atoms with Gasteiger partial charge < -0.3 is 14.2 Å². The molecule has 3 aromatic carbocycles. The van der Waals surface area contributed by atoms with Crippen LogP contribution in [0.15, 0.2) is 72.8 Å². The number of benzene rings is 3. The van der Waals surface area contributed by atoms with Gasteiger partial charge in [0, 0.05) is 21.3 Å². The molecule has 28 heavy (non-hydrogen) atoms. The maximum absolute atomic E-state index is 5.25. The van der Waals surface area contributed by atoms with Crippen molar-refractivity contribution in [3.63, 3.8) is 0 Å². The maximum Gasteiger partial charge on any atom is 0.0713 e. The first-order chi connectivity index (χ1) is 13.7. The summed E-state index contributed by atoms with van der Waals surface area (Å²) in [4.78, 5) is 0. The standard InChI is InChI=1S/C24H27O3P/c1-25-16-19-4-10-22(11-5-19)28(23-12-6-20(7-13-23)17-26-2)24-14-8-21(9-15-24)18-27-3/h4-15H,16-18H2,1-3H3. The topological polar surface area (TPSA) is 27.7 Å². The Bertz CT molecular complexity index is 725. The van der Waals surface area contributed by atoms with Crippen LogP contribution in [-0.4, -0.2) is 21.3 Å². The van der Waals surface area contributed by atoms with Gasteiger partial charge in [0.15, 0.2) is 0 Å². The van der Waals surface area contributed by atoms with E-state index in [1.807, 2.05) is 0 Å². The van der Waals surface area contributed by atoms with Crippen molar-refractivity contribution in [3.8, 4) is 0 Å². The number of hydrogen-bond acceptors (Lipinski definition) is 3. The molecule has 3 rings (SSSR count). The highest BCUT2D eigenvalue weighted by atomic mass is 31.1. The average molecular weight is 394 g/mol. The highest BCUT2D eigenvalue weighted by molar-refractivity contribution is 7.79. The fourth-order valence-electron chi connectivity index (χ4n) is 3.17. The minimum atomic E-state index is -0.633. The summed E-state index contributed by atoms with van der Waals surface area (Å²) in [5, 5.41) is 3.98. The molecule has 0 unspecified atom stereocenters. The monoisotopic (exact) mass is 394 g/mol. The third-order valence-corrected chi connectivity index (χ3v) is 6.96. The van der Waals surface area contributed by atoms with Crippen molar-refractivity contribution in [2.75, 3.05) is 21.3 Å². The van der Waals surface area contributed by atoms with Gasteiger partial charge in [0.25, 0.3) is 0 Å². The molecule has 0 aliphatic heterocycles. The molecule has 0 aliphatic carbocycles. The van der Waals surface area contributed by atoms with E-state index >= 15 is 0 Å². The average Bonchev–Trinajstić information content (AvgIpc) is 2.73. The Kier molecular flexibility index (Phi) is 7.76. The van der Waals surface area contributed by atoms with Crippen molar-refractivity contribution in [1.82, 2.24) is 0 Å². The highest BCUT2D eigenvalue weighted by Crippen LogP contribution is 2.33. The van der Waals surface area contributed by atoms with Crippen LogP contribution in [-0.2, 0) is 34.0 Å². The molecular weight excluding hydrogens is 367 g/mol. The molecule has 0 aromatic heterocycles. The smallest absolute Gasteiger partial charge is 0.0713 e. The molecule has 0 saturated carbocycles. The van der Waals surface area contributed by atoms with E-state index in [0.29, 0.717) is 19.8 Å². The van der Waals surface area contributed by atoms with Crippen LogP contribution in [0.1, 0.15) is 16.7 Å². The first-order valence-corrected chi connectivity index (χ1v) is 10.6. The van der Waals surface area contributed by atoms with Crippen LogP contribution in [0.5, 0.6) is 0 Å². The van der Waals surface area contributed by atoms with E-state index in [9.17, 15) is 0 Å². The maximum atomic E-state index is 5.25. The van der Waals surface area contributed by atoms with Crippen LogP contribution in [0.4, 0.5) is 0 Å². The molecule has 0 radical (unpaired) electrons. The first-order valence-electron chi connectivity index (χ1n) is 9.29. The van der Waals surface area contributed by atoms with E-state index < -0.39 is 7.92 Å². The van der Waals surface area contributed by atoms with E-state index in [-0.39, 0.29) is 0 Å². The zero-order valence-corrected chi connectivity index (χ0v) is 17.6. The molecule has 0 fully saturated rings. The van der Waals surface area contributed by atoms with Gasteiger partial charge >= 0.3 is 0 Å². The predicted molar refractivity (Wildman–Crippen MR) is 117 cm³/mol. The summed E-state index contributed by atoms with van der Waals surface area (Å²) in [7, 11) is 4.54. The molecule has 0 N–H and O–H groups in total. The fraction of sp³-hybridized carbons (Fsp3) is 0.250. The van der Waals surface area contributed by atoms with Crippen molar-refractivity contribution in [2.24, 2.45) is 0 Å². The highest BCUT2D eigenvalue weighted by Gasteiger charge is 2.16. The molecule has 3 nitrogen and oxygen atoms in total. The lowest BCUT2D eigenvalue weighted by molar-refractivity contribution is 0.185. The third kappa shape index (κ3) is 5.27. The molecule has 0 amide bonds. The summed E-state index contributed by atoms with van der Waals surface area (Å²) < 4.78 is 15.8. The minimum Gasteiger partial charge on any atom is -0.380 e. The number of rotatable bonds is 9. The lowest BCUT2D eigenvalue weighted by Crippen LogP contribution is -2.21. The molecule has 0 spiro atoms. The molecule has 0 saturated heterocycles. The summed E-state index contributed by atoms with van der Waals surface area (Å²) >= 11 is 0. The Labute approximate surface area is 169 Å². The van der Waals surface area contributed by atoms with Crippen molar-refractivity contribution >= 4 is 23.8 Å². The fourth-order valence-corrected chi connectivity index (χ4v) is 5.41. The summed E-state index contributed by atoms with van der Waals surface area (Å²) in [5.41, 5.74) is 3.56. The van der Waals surface area contributed by atoms with Gasteiger partial charge in [-0.05, 0) is 40.5 Å². The molecule has 0 aliphatic rings. The van der Waals surface area contributed by atoms with Gasteiger partial charge in [-0.25, -0.2) is 0 Å². The number of hydrogen-bond donors (Lipinski definition) is 0. The van der Waals surface area contributed by atoms with Crippen LogP contribution in [0.3, 0.4) is 0 Å². The SMILES string of the molecule is COCc1ccc(P(c2ccc(COC)cc2)c2ccc(COC)cc2)cc1. The van der Waals surface area contributed by atoms with Gasteiger partial charge in [-0.15, -0.1) is 0 Å². The van der Waals surface area contributed by atoms with Crippen LogP contribution in [0.2, 0.25) is 0 Å². The van der Waals surface area contributed by atoms with Gasteiger partial charge in [-0.1, -0.05) is 72.8 Å². The summed E-state index contributed by atoms with van der Waals surface area (Å²) in [6.45, 7) is 1.90. The number of methoxy groups -OCH3 is 3. The van der Waals surface area contributed by atoms with Crippen molar-refractivity contribution in [3.05, 3.63) is 89.5 Å². The van der Waals surface area contributed by atoms with Crippen molar-refractivity contribution in [2.45, 2.75) is 19.8 Å². The van der Waals surface area contributed by atoms with Gasteiger partial charge in [0.05, 0.1) is 19.8 Å². The Hall–Kier alpha value is -2.03. The Morgan fingerprint density at radius 1 is 0.464 bits per heavy atom. The molecule has 0 bridgehead atoms. The molecule has 0 heterocycles. The molecular formula is C24H27O3P. The van der Waals surface area contributed by atoms with Crippen molar-refractivity contribution < 1.29 is 14.2 Å². The molecule has 146 valence electrons. The quantitative estimate of drug-likeness (QED) is 0.516. The second-order valence-corrected chi connectivity index (χ2v) is 8.85. The lowest BCUT2D eigenvalue weighted by Gasteiger charge is -2.20. The molecule has 3 aromatic rings. The second-order valence-electron chi connectivity index (χ2n) is 6.63. The van der Waals surface area contributed by atoms with Gasteiger partial charge in [0.2, 0.25) is 0 Å². The normalized spacial score (nSPS) is 11.1. The second kappa shape index (κ2) is 10.5. The van der Waals surface area contributed by atoms with Crippen molar-refractivity contribution in [1.29, 1.82) is 0 Å². The largest absolute Gasteiger partial charge is 0.380 e. The van der Waals surface area contributed by atoms with Crippen LogP contribution < -0.4 is 15.9 Å². The first kappa shape index (κ1) is 20.7. The van der Waals surface area contributed by atoms with Gasteiger partial charge in [-0.3, -0.25) is 0 Å². The molecule has 0 atom stereocenters. The summed E-state index contributed by atoms with van der Waals surface area (Å²) in [6.07, 6.45) is 0. The van der Waals surface area contributed by atoms with Gasteiger partial charge in [0.1, 0.15) is 0 Å². The van der Waals surface area contributed by atoms with E-state index in [1.54, 1.807) is 21.3 Å². The van der Waals surface area contributed by atoms with Gasteiger partial charge in [-0.2, -0.15) is 0 Å². The van der Waals surface area contributed by atoms with Crippen LogP contribution >= 0.6 is 7.92 Å². The van der Waals surface area contributed by atoms with E-state index in [1.165, 1.54) is 32.6 Å². The molecule has 4 heteroatoms. The Balaban J connectivity index is 1.97.